The van der Waals surface area contributed by atoms with E-state index < -0.39 is 5.54 Å². The van der Waals surface area contributed by atoms with E-state index in [-0.39, 0.29) is 36.5 Å². The van der Waals surface area contributed by atoms with Gasteiger partial charge < -0.3 is 19.9 Å². The molecule has 28 heavy (non-hydrogen) atoms. The van der Waals surface area contributed by atoms with Crippen LogP contribution < -0.4 is 15.0 Å². The number of benzene rings is 1. The molecule has 2 atom stereocenters. The predicted molar refractivity (Wildman–Crippen MR) is 107 cm³/mol. The second-order valence-corrected chi connectivity index (χ2v) is 8.06. The lowest BCUT2D eigenvalue weighted by Crippen LogP contribution is -2.54. The fourth-order valence-electron chi connectivity index (χ4n) is 3.95. The third kappa shape index (κ3) is 3.94. The number of ketones is 1. The van der Waals surface area contributed by atoms with Gasteiger partial charge in [0.05, 0.1) is 29.8 Å². The third-order valence-electron chi connectivity index (χ3n) is 5.63. The minimum atomic E-state index is -0.922. The normalized spacial score (nSPS) is 25.1. The van der Waals surface area contributed by atoms with Crippen LogP contribution >= 0.6 is 11.6 Å². The molecule has 0 spiro atoms. The minimum Gasteiger partial charge on any atom is -0.493 e. The van der Waals surface area contributed by atoms with Crippen molar-refractivity contribution in [3.63, 3.8) is 0 Å². The lowest BCUT2D eigenvalue weighted by Gasteiger charge is -2.42. The molecular weight excluding hydrogens is 382 g/mol. The van der Waals surface area contributed by atoms with Gasteiger partial charge in [0.25, 0.3) is 0 Å². The van der Waals surface area contributed by atoms with Crippen molar-refractivity contribution in [1.82, 2.24) is 10.2 Å². The Kier molecular flexibility index (Phi) is 5.84. The van der Waals surface area contributed by atoms with Gasteiger partial charge in [-0.15, -0.1) is 0 Å². The lowest BCUT2D eigenvalue weighted by atomic mass is 9.92. The SMILES string of the molecule is COc1c(Cl)cccc1N1CCN(C(=O)CC[C@@]2(C)NC(=O)CC2=O)C[C@@H]1C. The molecule has 7 nitrogen and oxygen atoms in total. The van der Waals surface area contributed by atoms with E-state index in [2.05, 4.69) is 17.1 Å². The molecule has 2 amide bonds. The van der Waals surface area contributed by atoms with Crippen molar-refractivity contribution in [2.24, 2.45) is 0 Å². The molecule has 1 aromatic rings. The van der Waals surface area contributed by atoms with Crippen LogP contribution in [0.25, 0.3) is 0 Å². The maximum absolute atomic E-state index is 12.7. The maximum atomic E-state index is 12.7. The molecule has 1 N–H and O–H groups in total. The number of nitrogens with zero attached hydrogens (tertiary/aromatic N) is 2. The fraction of sp³-hybridized carbons (Fsp3) is 0.550. The summed E-state index contributed by atoms with van der Waals surface area (Å²) in [4.78, 5) is 40.2. The van der Waals surface area contributed by atoms with Gasteiger partial charge in [0, 0.05) is 32.1 Å². The molecule has 0 aromatic heterocycles. The summed E-state index contributed by atoms with van der Waals surface area (Å²) in [6.45, 7) is 5.57. The van der Waals surface area contributed by atoms with Crippen molar-refractivity contribution in [2.45, 2.75) is 44.7 Å². The number of ether oxygens (including phenoxy) is 1. The Balaban J connectivity index is 1.61. The van der Waals surface area contributed by atoms with Gasteiger partial charge in [0.1, 0.15) is 0 Å². The topological polar surface area (TPSA) is 79.0 Å². The highest BCUT2D eigenvalue weighted by molar-refractivity contribution is 6.32. The first kappa shape index (κ1) is 20.5. The molecular formula is C20H26ClN3O4. The molecule has 2 aliphatic heterocycles. The minimum absolute atomic E-state index is 0.000247. The highest BCUT2D eigenvalue weighted by atomic mass is 35.5. The molecule has 2 fully saturated rings. The third-order valence-corrected chi connectivity index (χ3v) is 5.93. The highest BCUT2D eigenvalue weighted by Gasteiger charge is 2.42. The van der Waals surface area contributed by atoms with E-state index in [0.717, 1.165) is 5.69 Å². The zero-order valence-corrected chi connectivity index (χ0v) is 17.2. The summed E-state index contributed by atoms with van der Waals surface area (Å²) < 4.78 is 5.46. The number of halogens is 1. The average Bonchev–Trinajstić information content (AvgIpc) is 2.91. The summed E-state index contributed by atoms with van der Waals surface area (Å²) in [5, 5.41) is 3.26. The lowest BCUT2D eigenvalue weighted by molar-refractivity contribution is -0.132. The number of carbonyl (C=O) groups excluding carboxylic acids is 3. The number of piperazine rings is 1. The van der Waals surface area contributed by atoms with Gasteiger partial charge in [0.15, 0.2) is 11.5 Å². The Morgan fingerprint density at radius 3 is 2.71 bits per heavy atom. The number of carbonyl (C=O) groups is 3. The van der Waals surface area contributed by atoms with Crippen molar-refractivity contribution in [3.05, 3.63) is 23.2 Å². The number of hydrogen-bond acceptors (Lipinski definition) is 5. The fourth-order valence-corrected chi connectivity index (χ4v) is 4.19. The van der Waals surface area contributed by atoms with Crippen molar-refractivity contribution in [1.29, 1.82) is 0 Å². The molecule has 1 aromatic carbocycles. The van der Waals surface area contributed by atoms with E-state index in [1.54, 1.807) is 20.1 Å². The van der Waals surface area contributed by atoms with Gasteiger partial charge in [-0.25, -0.2) is 0 Å². The van der Waals surface area contributed by atoms with E-state index in [4.69, 9.17) is 16.3 Å². The molecule has 3 rings (SSSR count). The zero-order chi connectivity index (χ0) is 20.5. The van der Waals surface area contributed by atoms with Gasteiger partial charge in [-0.1, -0.05) is 17.7 Å². The summed E-state index contributed by atoms with van der Waals surface area (Å²) in [7, 11) is 1.60. The Morgan fingerprint density at radius 1 is 1.36 bits per heavy atom. The molecule has 0 unspecified atom stereocenters. The van der Waals surface area contributed by atoms with Crippen LogP contribution in [-0.2, 0) is 14.4 Å². The van der Waals surface area contributed by atoms with Gasteiger partial charge in [-0.3, -0.25) is 14.4 Å². The van der Waals surface area contributed by atoms with Crippen LogP contribution in [0.1, 0.15) is 33.1 Å². The number of anilines is 1. The van der Waals surface area contributed by atoms with Crippen LogP contribution in [-0.4, -0.2) is 60.8 Å². The largest absolute Gasteiger partial charge is 0.493 e. The summed E-state index contributed by atoms with van der Waals surface area (Å²) in [5.41, 5.74) is -0.00435. The predicted octanol–water partition coefficient (Wildman–Crippen LogP) is 2.01. The smallest absolute Gasteiger partial charge is 0.228 e. The standard InChI is InChI=1S/C20H26ClN3O4/c1-13-12-23(18(27)7-8-20(2)16(25)11-17(26)22-20)9-10-24(13)15-6-4-5-14(21)19(15)28-3/h4-6,13H,7-12H2,1-3H3,(H,22,26)/t13-,20+/m0/s1. The van der Waals surface area contributed by atoms with Crippen LogP contribution in [0.15, 0.2) is 18.2 Å². The molecule has 2 aliphatic rings. The highest BCUT2D eigenvalue weighted by Crippen LogP contribution is 2.37. The van der Waals surface area contributed by atoms with Crippen LogP contribution in [0, 0.1) is 0 Å². The molecule has 152 valence electrons. The quantitative estimate of drug-likeness (QED) is 0.755. The van der Waals surface area contributed by atoms with Crippen LogP contribution in [0.5, 0.6) is 5.75 Å². The number of Topliss-reactive ketones (excluding diaryl/α,β-unsaturated/α-hetero) is 1. The van der Waals surface area contributed by atoms with Crippen LogP contribution in [0.2, 0.25) is 5.02 Å². The number of methoxy groups -OCH3 is 1. The van der Waals surface area contributed by atoms with Gasteiger partial charge in [0.2, 0.25) is 11.8 Å². The maximum Gasteiger partial charge on any atom is 0.228 e. The number of amides is 2. The van der Waals surface area contributed by atoms with Crippen LogP contribution in [0.4, 0.5) is 5.69 Å². The van der Waals surface area contributed by atoms with E-state index in [1.165, 1.54) is 0 Å². The van der Waals surface area contributed by atoms with Crippen LogP contribution in [0.3, 0.4) is 0 Å². The van der Waals surface area contributed by atoms with Crippen molar-refractivity contribution in [2.75, 3.05) is 31.6 Å². The van der Waals surface area contributed by atoms with Gasteiger partial charge in [-0.2, -0.15) is 0 Å². The second kappa shape index (κ2) is 7.99. The number of rotatable bonds is 5. The van der Waals surface area contributed by atoms with E-state index in [9.17, 15) is 14.4 Å². The average molecular weight is 408 g/mol. The summed E-state index contributed by atoms with van der Waals surface area (Å²) in [6.07, 6.45) is 0.463. The Labute approximate surface area is 169 Å². The van der Waals surface area contributed by atoms with Crippen molar-refractivity contribution >= 4 is 34.9 Å². The van der Waals surface area contributed by atoms with E-state index >= 15 is 0 Å². The zero-order valence-electron chi connectivity index (χ0n) is 16.5. The van der Waals surface area contributed by atoms with Crippen molar-refractivity contribution < 1.29 is 19.1 Å². The molecule has 2 saturated heterocycles. The monoisotopic (exact) mass is 407 g/mol. The van der Waals surface area contributed by atoms with Gasteiger partial charge in [-0.05, 0) is 32.4 Å². The first-order valence-electron chi connectivity index (χ1n) is 9.46. The Hall–Kier alpha value is -2.28. The molecule has 0 bridgehead atoms. The molecule has 8 heteroatoms. The number of para-hydroxylation sites is 1. The molecule has 0 saturated carbocycles. The molecule has 2 heterocycles. The van der Waals surface area contributed by atoms with E-state index in [1.807, 2.05) is 17.0 Å². The molecule has 0 aliphatic carbocycles. The summed E-state index contributed by atoms with van der Waals surface area (Å²) >= 11 is 6.24. The summed E-state index contributed by atoms with van der Waals surface area (Å²) in [5.74, 6) is 0.230. The second-order valence-electron chi connectivity index (χ2n) is 7.65. The van der Waals surface area contributed by atoms with Crippen molar-refractivity contribution in [3.8, 4) is 5.75 Å². The Bertz CT molecular complexity index is 800. The number of nitrogens with one attached hydrogen (secondary N) is 1. The summed E-state index contributed by atoms with van der Waals surface area (Å²) in [6, 6.07) is 5.73. The molecule has 0 radical (unpaired) electrons. The van der Waals surface area contributed by atoms with Gasteiger partial charge >= 0.3 is 0 Å². The van der Waals surface area contributed by atoms with E-state index in [0.29, 0.717) is 36.8 Å². The first-order valence-corrected chi connectivity index (χ1v) is 9.84. The first-order chi connectivity index (χ1) is 13.2. The Morgan fingerprint density at radius 2 is 2.11 bits per heavy atom. The number of hydrogen-bond donors (Lipinski definition) is 1.